The summed E-state index contributed by atoms with van der Waals surface area (Å²) in [5.74, 6) is 0.362. The minimum Gasteiger partial charge on any atom is -0.379 e. The van der Waals surface area contributed by atoms with Gasteiger partial charge in [-0.15, -0.1) is 0 Å². The third kappa shape index (κ3) is 3.52. The molecule has 1 aromatic rings. The van der Waals surface area contributed by atoms with E-state index in [0.717, 1.165) is 13.1 Å². The van der Waals surface area contributed by atoms with E-state index in [1.165, 1.54) is 6.20 Å². The first-order chi connectivity index (χ1) is 8.78. The fraction of sp³-hybridized carbons (Fsp3) is 0.417. The lowest BCUT2D eigenvalue weighted by Crippen LogP contribution is -2.41. The smallest absolute Gasteiger partial charge is 0.239 e. The highest BCUT2D eigenvalue weighted by Gasteiger charge is 2.14. The SMILES string of the molecule is N#Cc1ccc(NC(=O)CN2CCOCC2)nc1. The van der Waals surface area contributed by atoms with Crippen LogP contribution < -0.4 is 5.32 Å². The van der Waals surface area contributed by atoms with E-state index in [0.29, 0.717) is 31.1 Å². The molecule has 1 fully saturated rings. The molecule has 0 bridgehead atoms. The molecule has 0 unspecified atom stereocenters. The number of nitriles is 1. The largest absolute Gasteiger partial charge is 0.379 e. The van der Waals surface area contributed by atoms with Crippen molar-refractivity contribution in [3.8, 4) is 6.07 Å². The highest BCUT2D eigenvalue weighted by Crippen LogP contribution is 2.04. The van der Waals surface area contributed by atoms with Gasteiger partial charge in [-0.1, -0.05) is 0 Å². The van der Waals surface area contributed by atoms with Gasteiger partial charge < -0.3 is 10.1 Å². The Hall–Kier alpha value is -1.97. The van der Waals surface area contributed by atoms with Crippen LogP contribution in [0.25, 0.3) is 0 Å². The summed E-state index contributed by atoms with van der Waals surface area (Å²) in [6, 6.07) is 5.22. The van der Waals surface area contributed by atoms with Crippen LogP contribution in [0, 0.1) is 11.3 Å². The second kappa shape index (κ2) is 6.10. The van der Waals surface area contributed by atoms with Gasteiger partial charge in [-0.2, -0.15) is 5.26 Å². The molecule has 18 heavy (non-hydrogen) atoms. The normalized spacial score (nSPS) is 15.9. The van der Waals surface area contributed by atoms with Gasteiger partial charge in [-0.05, 0) is 12.1 Å². The Morgan fingerprint density at radius 3 is 2.89 bits per heavy atom. The predicted octanol–water partition coefficient (Wildman–Crippen LogP) is 0.224. The number of aromatic nitrogens is 1. The summed E-state index contributed by atoms with van der Waals surface area (Å²) in [7, 11) is 0. The third-order valence-corrected chi connectivity index (χ3v) is 2.63. The van der Waals surface area contributed by atoms with Gasteiger partial charge in [0, 0.05) is 19.3 Å². The molecule has 2 rings (SSSR count). The van der Waals surface area contributed by atoms with E-state index in [2.05, 4.69) is 10.3 Å². The molecule has 2 heterocycles. The standard InChI is InChI=1S/C12H14N4O2/c13-7-10-1-2-11(14-8-10)15-12(17)9-16-3-5-18-6-4-16/h1-2,8H,3-6,9H2,(H,14,15,17). The third-order valence-electron chi connectivity index (χ3n) is 2.63. The maximum Gasteiger partial charge on any atom is 0.239 e. The molecule has 6 heteroatoms. The van der Waals surface area contributed by atoms with Gasteiger partial charge in [-0.3, -0.25) is 9.69 Å². The van der Waals surface area contributed by atoms with Crippen LogP contribution in [0.5, 0.6) is 0 Å². The number of carbonyl (C=O) groups excluding carboxylic acids is 1. The highest BCUT2D eigenvalue weighted by molar-refractivity contribution is 5.91. The van der Waals surface area contributed by atoms with Crippen molar-refractivity contribution in [2.45, 2.75) is 0 Å². The average molecular weight is 246 g/mol. The van der Waals surface area contributed by atoms with Crippen molar-refractivity contribution >= 4 is 11.7 Å². The zero-order valence-electron chi connectivity index (χ0n) is 9.93. The van der Waals surface area contributed by atoms with E-state index in [-0.39, 0.29) is 5.91 Å². The summed E-state index contributed by atoms with van der Waals surface area (Å²) >= 11 is 0. The summed E-state index contributed by atoms with van der Waals surface area (Å²) in [6.45, 7) is 3.22. The summed E-state index contributed by atoms with van der Waals surface area (Å²) < 4.78 is 5.21. The summed E-state index contributed by atoms with van der Waals surface area (Å²) in [6.07, 6.45) is 1.43. The molecular weight excluding hydrogens is 232 g/mol. The number of ether oxygens (including phenoxy) is 1. The Morgan fingerprint density at radius 1 is 1.50 bits per heavy atom. The van der Waals surface area contributed by atoms with Gasteiger partial charge in [0.1, 0.15) is 11.9 Å². The lowest BCUT2D eigenvalue weighted by atomic mass is 10.3. The highest BCUT2D eigenvalue weighted by atomic mass is 16.5. The first-order valence-electron chi connectivity index (χ1n) is 5.74. The molecule has 0 aromatic carbocycles. The molecule has 94 valence electrons. The molecule has 0 aliphatic carbocycles. The molecule has 1 aliphatic rings. The second-order valence-electron chi connectivity index (χ2n) is 3.98. The Balaban J connectivity index is 1.84. The first kappa shape index (κ1) is 12.5. The number of nitrogens with one attached hydrogen (secondary N) is 1. The molecule has 1 saturated heterocycles. The monoisotopic (exact) mass is 246 g/mol. The zero-order valence-corrected chi connectivity index (χ0v) is 9.93. The van der Waals surface area contributed by atoms with Gasteiger partial charge in [0.15, 0.2) is 0 Å². The van der Waals surface area contributed by atoms with Crippen molar-refractivity contribution < 1.29 is 9.53 Å². The number of nitrogens with zero attached hydrogens (tertiary/aromatic N) is 3. The van der Waals surface area contributed by atoms with Crippen LogP contribution in [0.2, 0.25) is 0 Å². The second-order valence-corrected chi connectivity index (χ2v) is 3.98. The van der Waals surface area contributed by atoms with E-state index in [4.69, 9.17) is 10.00 Å². The van der Waals surface area contributed by atoms with E-state index in [1.54, 1.807) is 12.1 Å². The molecule has 0 radical (unpaired) electrons. The van der Waals surface area contributed by atoms with Crippen molar-refractivity contribution in [1.82, 2.24) is 9.88 Å². The number of amides is 1. The van der Waals surface area contributed by atoms with Crippen molar-refractivity contribution in [2.75, 3.05) is 38.2 Å². The average Bonchev–Trinajstić information content (AvgIpc) is 2.40. The molecule has 1 N–H and O–H groups in total. The minimum absolute atomic E-state index is 0.103. The quantitative estimate of drug-likeness (QED) is 0.825. The van der Waals surface area contributed by atoms with Gasteiger partial charge in [-0.25, -0.2) is 4.98 Å². The van der Waals surface area contributed by atoms with E-state index >= 15 is 0 Å². The van der Waals surface area contributed by atoms with Gasteiger partial charge in [0.25, 0.3) is 0 Å². The maximum absolute atomic E-state index is 11.7. The fourth-order valence-corrected chi connectivity index (χ4v) is 1.68. The minimum atomic E-state index is -0.103. The van der Waals surface area contributed by atoms with Gasteiger partial charge in [0.05, 0.1) is 25.3 Å². The summed E-state index contributed by atoms with van der Waals surface area (Å²) in [5, 5.41) is 11.3. The van der Waals surface area contributed by atoms with Crippen molar-refractivity contribution in [2.24, 2.45) is 0 Å². The Labute approximate surface area is 105 Å². The number of carbonyl (C=O) groups is 1. The molecule has 0 atom stereocenters. The first-order valence-corrected chi connectivity index (χ1v) is 5.74. The summed E-state index contributed by atoms with van der Waals surface area (Å²) in [4.78, 5) is 17.8. The molecule has 6 nitrogen and oxygen atoms in total. The van der Waals surface area contributed by atoms with Crippen LogP contribution >= 0.6 is 0 Å². The van der Waals surface area contributed by atoms with E-state index in [1.807, 2.05) is 11.0 Å². The Morgan fingerprint density at radius 2 is 2.28 bits per heavy atom. The number of morpholine rings is 1. The van der Waals surface area contributed by atoms with Gasteiger partial charge in [0.2, 0.25) is 5.91 Å². The Kier molecular flexibility index (Phi) is 4.23. The summed E-state index contributed by atoms with van der Waals surface area (Å²) in [5.41, 5.74) is 0.473. The number of hydrogen-bond donors (Lipinski definition) is 1. The lowest BCUT2D eigenvalue weighted by molar-refractivity contribution is -0.118. The van der Waals surface area contributed by atoms with Crippen molar-refractivity contribution in [3.63, 3.8) is 0 Å². The van der Waals surface area contributed by atoms with E-state index in [9.17, 15) is 4.79 Å². The topological polar surface area (TPSA) is 78.2 Å². The molecule has 1 aliphatic heterocycles. The number of rotatable bonds is 3. The number of anilines is 1. The molecule has 0 saturated carbocycles. The van der Waals surface area contributed by atoms with Crippen molar-refractivity contribution in [1.29, 1.82) is 5.26 Å². The number of pyridine rings is 1. The fourth-order valence-electron chi connectivity index (χ4n) is 1.68. The maximum atomic E-state index is 11.7. The van der Waals surface area contributed by atoms with Crippen LogP contribution in [0.4, 0.5) is 5.82 Å². The van der Waals surface area contributed by atoms with Crippen LogP contribution in [0.3, 0.4) is 0 Å². The molecule has 1 amide bonds. The Bertz CT molecular complexity index is 446. The van der Waals surface area contributed by atoms with Crippen LogP contribution in [-0.4, -0.2) is 48.6 Å². The predicted molar refractivity (Wildman–Crippen MR) is 64.8 cm³/mol. The zero-order chi connectivity index (χ0) is 12.8. The molecular formula is C12H14N4O2. The molecule has 0 spiro atoms. The van der Waals surface area contributed by atoms with E-state index < -0.39 is 0 Å². The van der Waals surface area contributed by atoms with Crippen LogP contribution in [-0.2, 0) is 9.53 Å². The van der Waals surface area contributed by atoms with Crippen LogP contribution in [0.15, 0.2) is 18.3 Å². The van der Waals surface area contributed by atoms with Crippen molar-refractivity contribution in [3.05, 3.63) is 23.9 Å². The van der Waals surface area contributed by atoms with Crippen LogP contribution in [0.1, 0.15) is 5.56 Å². The lowest BCUT2D eigenvalue weighted by Gasteiger charge is -2.25. The number of hydrogen-bond acceptors (Lipinski definition) is 5. The van der Waals surface area contributed by atoms with Gasteiger partial charge >= 0.3 is 0 Å². The molecule has 1 aromatic heterocycles.